The second-order valence-corrected chi connectivity index (χ2v) is 7.24. The number of rotatable bonds is 3. The van der Waals surface area contributed by atoms with Gasteiger partial charge in [0.1, 0.15) is 12.1 Å². The van der Waals surface area contributed by atoms with Crippen LogP contribution in [-0.2, 0) is 0 Å². The Balaban J connectivity index is 1.99. The quantitative estimate of drug-likeness (QED) is 0.474. The number of benzene rings is 1. The first kappa shape index (κ1) is 15.4. The summed E-state index contributed by atoms with van der Waals surface area (Å²) in [4.78, 5) is 2.32. The lowest BCUT2D eigenvalue weighted by Crippen LogP contribution is -1.99. The summed E-state index contributed by atoms with van der Waals surface area (Å²) < 4.78 is 2.15. The molecule has 0 radical (unpaired) electrons. The Morgan fingerprint density at radius 1 is 0.720 bits per heavy atom. The van der Waals surface area contributed by atoms with Crippen molar-refractivity contribution in [2.75, 3.05) is 0 Å². The van der Waals surface area contributed by atoms with Crippen molar-refractivity contribution in [2.45, 2.75) is 0 Å². The molecule has 0 unspecified atom stereocenters. The molecule has 4 aromatic rings. The van der Waals surface area contributed by atoms with Crippen LogP contribution in [0, 0.1) is 22.7 Å². The number of thiophene rings is 2. The van der Waals surface area contributed by atoms with Crippen LogP contribution in [0.3, 0.4) is 0 Å². The zero-order valence-electron chi connectivity index (χ0n) is 13.0. The number of nitriles is 2. The SMILES string of the molecule is N#Cc1ccc(-n2c(-c3cccs3)ccc2-c2cccs2)cc1C#N. The maximum absolute atomic E-state index is 9.37. The highest BCUT2D eigenvalue weighted by Gasteiger charge is 2.16. The van der Waals surface area contributed by atoms with Crippen LogP contribution < -0.4 is 0 Å². The summed E-state index contributed by atoms with van der Waals surface area (Å²) >= 11 is 3.36. The van der Waals surface area contributed by atoms with E-state index in [0.717, 1.165) is 26.8 Å². The van der Waals surface area contributed by atoms with Crippen molar-refractivity contribution < 1.29 is 0 Å². The van der Waals surface area contributed by atoms with E-state index in [1.165, 1.54) is 0 Å². The molecule has 0 saturated carbocycles. The fraction of sp³-hybridized carbons (Fsp3) is 0. The normalized spacial score (nSPS) is 10.3. The Morgan fingerprint density at radius 2 is 1.32 bits per heavy atom. The molecule has 4 rings (SSSR count). The summed E-state index contributed by atoms with van der Waals surface area (Å²) in [6.07, 6.45) is 0. The van der Waals surface area contributed by atoms with Crippen molar-refractivity contribution in [3.63, 3.8) is 0 Å². The first-order valence-corrected chi connectivity index (χ1v) is 9.32. The molecule has 3 aromatic heterocycles. The van der Waals surface area contributed by atoms with Crippen LogP contribution in [0.1, 0.15) is 11.1 Å². The van der Waals surface area contributed by atoms with Gasteiger partial charge >= 0.3 is 0 Å². The molecule has 0 fully saturated rings. The molecule has 3 nitrogen and oxygen atoms in total. The van der Waals surface area contributed by atoms with E-state index >= 15 is 0 Å². The van der Waals surface area contributed by atoms with Crippen molar-refractivity contribution in [1.82, 2.24) is 4.57 Å². The van der Waals surface area contributed by atoms with Crippen LogP contribution in [0.15, 0.2) is 65.4 Å². The third-order valence-corrected chi connectivity index (χ3v) is 5.72. The number of nitrogens with zero attached hydrogens (tertiary/aromatic N) is 3. The molecule has 0 bridgehead atoms. The van der Waals surface area contributed by atoms with Gasteiger partial charge in [-0.05, 0) is 53.2 Å². The number of hydrogen-bond acceptors (Lipinski definition) is 4. The lowest BCUT2D eigenvalue weighted by Gasteiger charge is -2.13. The predicted octanol–water partition coefficient (Wildman–Crippen LogP) is 5.68. The van der Waals surface area contributed by atoms with Crippen molar-refractivity contribution in [2.24, 2.45) is 0 Å². The molecule has 0 amide bonds. The molecule has 5 heteroatoms. The van der Waals surface area contributed by atoms with Crippen LogP contribution in [0.4, 0.5) is 0 Å². The van der Waals surface area contributed by atoms with Gasteiger partial charge < -0.3 is 4.57 Å². The second kappa shape index (κ2) is 6.41. The van der Waals surface area contributed by atoms with E-state index in [9.17, 15) is 10.5 Å². The van der Waals surface area contributed by atoms with Crippen LogP contribution in [0.5, 0.6) is 0 Å². The average Bonchev–Trinajstić information content (AvgIpc) is 3.41. The predicted molar refractivity (Wildman–Crippen MR) is 102 cm³/mol. The Hall–Kier alpha value is -3.12. The Bertz CT molecular complexity index is 1050. The maximum Gasteiger partial charge on any atom is 0.101 e. The first-order valence-electron chi connectivity index (χ1n) is 7.56. The monoisotopic (exact) mass is 357 g/mol. The van der Waals surface area contributed by atoms with Gasteiger partial charge in [0.25, 0.3) is 0 Å². The van der Waals surface area contributed by atoms with E-state index in [1.54, 1.807) is 34.8 Å². The minimum atomic E-state index is 0.392. The molecule has 0 spiro atoms. The summed E-state index contributed by atoms with van der Waals surface area (Å²) in [5, 5.41) is 22.7. The maximum atomic E-state index is 9.37. The molecular weight excluding hydrogens is 346 g/mol. The van der Waals surface area contributed by atoms with Gasteiger partial charge in [0.15, 0.2) is 0 Å². The minimum absolute atomic E-state index is 0.392. The van der Waals surface area contributed by atoms with Gasteiger partial charge in [-0.3, -0.25) is 0 Å². The summed E-state index contributed by atoms with van der Waals surface area (Å²) in [5.74, 6) is 0. The van der Waals surface area contributed by atoms with Crippen molar-refractivity contribution >= 4 is 22.7 Å². The summed E-state index contributed by atoms with van der Waals surface area (Å²) in [6, 6.07) is 22.0. The molecule has 1 aromatic carbocycles. The van der Waals surface area contributed by atoms with Gasteiger partial charge in [0, 0.05) is 5.69 Å². The van der Waals surface area contributed by atoms with E-state index in [-0.39, 0.29) is 0 Å². The molecule has 0 aliphatic heterocycles. The summed E-state index contributed by atoms with van der Waals surface area (Å²) in [5.41, 5.74) is 3.82. The topological polar surface area (TPSA) is 52.5 Å². The molecule has 0 aliphatic rings. The van der Waals surface area contributed by atoms with Gasteiger partial charge in [0.2, 0.25) is 0 Å². The highest BCUT2D eigenvalue weighted by Crippen LogP contribution is 2.36. The largest absolute Gasteiger partial charge is 0.308 e. The van der Waals surface area contributed by atoms with Gasteiger partial charge in [-0.2, -0.15) is 10.5 Å². The summed E-state index contributed by atoms with van der Waals surface area (Å²) in [6.45, 7) is 0. The Morgan fingerprint density at radius 3 is 1.80 bits per heavy atom. The van der Waals surface area contributed by atoms with Crippen LogP contribution in [-0.4, -0.2) is 4.57 Å². The zero-order valence-corrected chi connectivity index (χ0v) is 14.6. The number of hydrogen-bond donors (Lipinski definition) is 0. The van der Waals surface area contributed by atoms with Gasteiger partial charge in [-0.15, -0.1) is 22.7 Å². The lowest BCUT2D eigenvalue weighted by atomic mass is 10.1. The van der Waals surface area contributed by atoms with Crippen LogP contribution in [0.25, 0.3) is 26.8 Å². The standard InChI is InChI=1S/C20H11N3S2/c21-12-14-5-6-16(11-15(14)13-22)23-17(19-3-1-9-24-19)7-8-18(23)20-4-2-10-25-20/h1-11H. The molecular formula is C20H11N3S2. The van der Waals surface area contributed by atoms with Crippen LogP contribution in [0.2, 0.25) is 0 Å². The van der Waals surface area contributed by atoms with E-state index < -0.39 is 0 Å². The lowest BCUT2D eigenvalue weighted by molar-refractivity contribution is 1.10. The van der Waals surface area contributed by atoms with E-state index in [2.05, 4.69) is 51.7 Å². The number of aromatic nitrogens is 1. The van der Waals surface area contributed by atoms with Crippen LogP contribution >= 0.6 is 22.7 Å². The molecule has 0 N–H and O–H groups in total. The third kappa shape index (κ3) is 2.66. The minimum Gasteiger partial charge on any atom is -0.308 e. The van der Waals surface area contributed by atoms with E-state index in [0.29, 0.717) is 11.1 Å². The Labute approximate surface area is 153 Å². The molecule has 118 valence electrons. The highest BCUT2D eigenvalue weighted by atomic mass is 32.1. The van der Waals surface area contributed by atoms with E-state index in [1.807, 2.05) is 18.2 Å². The molecule has 0 aliphatic carbocycles. The van der Waals surface area contributed by atoms with Crippen molar-refractivity contribution in [3.05, 3.63) is 76.5 Å². The van der Waals surface area contributed by atoms with Gasteiger partial charge in [0.05, 0.1) is 32.3 Å². The van der Waals surface area contributed by atoms with Crippen molar-refractivity contribution in [3.8, 4) is 39.0 Å². The van der Waals surface area contributed by atoms with Gasteiger partial charge in [-0.1, -0.05) is 12.1 Å². The van der Waals surface area contributed by atoms with E-state index in [4.69, 9.17) is 0 Å². The zero-order chi connectivity index (χ0) is 17.2. The van der Waals surface area contributed by atoms with Gasteiger partial charge in [-0.25, -0.2) is 0 Å². The fourth-order valence-corrected chi connectivity index (χ4v) is 4.29. The first-order chi connectivity index (χ1) is 12.3. The third-order valence-electron chi connectivity index (χ3n) is 3.93. The molecule has 3 heterocycles. The smallest absolute Gasteiger partial charge is 0.101 e. The summed E-state index contributed by atoms with van der Waals surface area (Å²) in [7, 11) is 0. The highest BCUT2D eigenvalue weighted by molar-refractivity contribution is 7.14. The second-order valence-electron chi connectivity index (χ2n) is 5.35. The molecule has 0 atom stereocenters. The Kier molecular flexibility index (Phi) is 3.95. The molecule has 25 heavy (non-hydrogen) atoms. The van der Waals surface area contributed by atoms with Crippen molar-refractivity contribution in [1.29, 1.82) is 10.5 Å². The fourth-order valence-electron chi connectivity index (χ4n) is 2.81. The average molecular weight is 357 g/mol. The molecule has 0 saturated heterocycles.